The summed E-state index contributed by atoms with van der Waals surface area (Å²) in [5, 5.41) is 0. The maximum Gasteiger partial charge on any atom is 0.125 e. The molecule has 0 saturated carbocycles. The smallest absolute Gasteiger partial charge is 0.125 e. The van der Waals surface area contributed by atoms with E-state index >= 15 is 0 Å². The highest BCUT2D eigenvalue weighted by Gasteiger charge is 2.08. The summed E-state index contributed by atoms with van der Waals surface area (Å²) in [6.07, 6.45) is 0. The molecule has 0 radical (unpaired) electrons. The molecule has 0 unspecified atom stereocenters. The lowest BCUT2D eigenvalue weighted by Gasteiger charge is -2.14. The van der Waals surface area contributed by atoms with Crippen LogP contribution in [0, 0.1) is 13.8 Å². The Balaban J connectivity index is 1.82. The molecule has 122 valence electrons. The Morgan fingerprint density at radius 1 is 0.750 bits per heavy atom. The van der Waals surface area contributed by atoms with Crippen LogP contribution < -0.4 is 10.5 Å². The van der Waals surface area contributed by atoms with Gasteiger partial charge in [0.2, 0.25) is 0 Å². The van der Waals surface area contributed by atoms with Crippen LogP contribution in [-0.2, 0) is 13.2 Å². The summed E-state index contributed by atoms with van der Waals surface area (Å²) in [6, 6.07) is 23.0. The van der Waals surface area contributed by atoms with Crippen molar-refractivity contribution >= 4 is 0 Å². The van der Waals surface area contributed by atoms with Crippen LogP contribution in [0.4, 0.5) is 0 Å². The van der Waals surface area contributed by atoms with E-state index in [9.17, 15) is 0 Å². The highest BCUT2D eigenvalue weighted by atomic mass is 16.5. The van der Waals surface area contributed by atoms with Crippen molar-refractivity contribution in [2.24, 2.45) is 5.73 Å². The Hall–Kier alpha value is -2.58. The Labute approximate surface area is 143 Å². The fourth-order valence-electron chi connectivity index (χ4n) is 2.91. The first kappa shape index (κ1) is 16.3. The summed E-state index contributed by atoms with van der Waals surface area (Å²) >= 11 is 0. The highest BCUT2D eigenvalue weighted by molar-refractivity contribution is 5.67. The first-order valence-corrected chi connectivity index (χ1v) is 8.24. The Morgan fingerprint density at radius 2 is 1.38 bits per heavy atom. The molecule has 0 amide bonds. The van der Waals surface area contributed by atoms with Gasteiger partial charge >= 0.3 is 0 Å². The van der Waals surface area contributed by atoms with Gasteiger partial charge in [0.1, 0.15) is 12.4 Å². The predicted octanol–water partition coefficient (Wildman–Crippen LogP) is 5.01. The van der Waals surface area contributed by atoms with Crippen molar-refractivity contribution in [2.45, 2.75) is 27.0 Å². The molecule has 0 aromatic heterocycles. The minimum Gasteiger partial charge on any atom is -0.488 e. The number of hydrogen-bond acceptors (Lipinski definition) is 2. The van der Waals surface area contributed by atoms with Gasteiger partial charge in [-0.15, -0.1) is 0 Å². The minimum absolute atomic E-state index is 0.574. The molecular weight excluding hydrogens is 294 g/mol. The first-order chi connectivity index (χ1) is 11.7. The normalized spacial score (nSPS) is 10.6. The van der Waals surface area contributed by atoms with Gasteiger partial charge < -0.3 is 10.5 Å². The summed E-state index contributed by atoms with van der Waals surface area (Å²) in [4.78, 5) is 0. The van der Waals surface area contributed by atoms with Crippen molar-refractivity contribution in [1.82, 2.24) is 0 Å². The van der Waals surface area contributed by atoms with E-state index < -0.39 is 0 Å². The lowest BCUT2D eigenvalue weighted by atomic mass is 9.99. The summed E-state index contributed by atoms with van der Waals surface area (Å²) in [5.41, 5.74) is 12.7. The summed E-state index contributed by atoms with van der Waals surface area (Å²) < 4.78 is 6.06. The molecule has 0 aliphatic heterocycles. The Kier molecular flexibility index (Phi) is 4.97. The predicted molar refractivity (Wildman–Crippen MR) is 100 cm³/mol. The number of aryl methyl sites for hydroxylation is 2. The van der Waals surface area contributed by atoms with Crippen molar-refractivity contribution in [3.8, 4) is 16.9 Å². The van der Waals surface area contributed by atoms with Gasteiger partial charge in [0.25, 0.3) is 0 Å². The largest absolute Gasteiger partial charge is 0.488 e. The molecule has 3 rings (SSSR count). The number of hydrogen-bond donors (Lipinski definition) is 1. The molecule has 3 aromatic carbocycles. The quantitative estimate of drug-likeness (QED) is 0.718. The van der Waals surface area contributed by atoms with Gasteiger partial charge in [-0.05, 0) is 59.4 Å². The van der Waals surface area contributed by atoms with E-state index in [2.05, 4.69) is 62.4 Å². The number of benzene rings is 3. The van der Waals surface area contributed by atoms with Crippen LogP contribution in [0.3, 0.4) is 0 Å². The van der Waals surface area contributed by atoms with Crippen LogP contribution >= 0.6 is 0 Å². The second kappa shape index (κ2) is 7.33. The molecule has 2 heteroatoms. The lowest BCUT2D eigenvalue weighted by Crippen LogP contribution is -1.99. The SMILES string of the molecule is Cc1cc(-c2ccc(CN)cc2)cc(C)c1OCc1ccccc1. The van der Waals surface area contributed by atoms with Crippen LogP contribution in [0.5, 0.6) is 5.75 Å². The van der Waals surface area contributed by atoms with E-state index in [4.69, 9.17) is 10.5 Å². The molecule has 0 fully saturated rings. The maximum absolute atomic E-state index is 6.06. The third kappa shape index (κ3) is 3.66. The summed E-state index contributed by atoms with van der Waals surface area (Å²) in [5.74, 6) is 0.973. The van der Waals surface area contributed by atoms with Crippen molar-refractivity contribution in [2.75, 3.05) is 0 Å². The monoisotopic (exact) mass is 317 g/mol. The van der Waals surface area contributed by atoms with Crippen LogP contribution in [0.2, 0.25) is 0 Å². The molecule has 0 aliphatic carbocycles. The topological polar surface area (TPSA) is 35.2 Å². The molecule has 0 saturated heterocycles. The van der Waals surface area contributed by atoms with Crippen molar-refractivity contribution in [1.29, 1.82) is 0 Å². The first-order valence-electron chi connectivity index (χ1n) is 8.24. The van der Waals surface area contributed by atoms with Crippen molar-refractivity contribution < 1.29 is 4.74 Å². The lowest BCUT2D eigenvalue weighted by molar-refractivity contribution is 0.302. The zero-order valence-corrected chi connectivity index (χ0v) is 14.3. The molecular formula is C22H23NO. The molecule has 2 N–H and O–H groups in total. The second-order valence-electron chi connectivity index (χ2n) is 6.11. The standard InChI is InChI=1S/C22H23NO/c1-16-12-21(20-10-8-18(14-23)9-11-20)13-17(2)22(16)24-15-19-6-4-3-5-7-19/h3-13H,14-15,23H2,1-2H3. The minimum atomic E-state index is 0.574. The Morgan fingerprint density at radius 3 is 1.96 bits per heavy atom. The van der Waals surface area contributed by atoms with Crippen LogP contribution in [0.25, 0.3) is 11.1 Å². The molecule has 2 nitrogen and oxygen atoms in total. The molecule has 0 bridgehead atoms. The summed E-state index contributed by atoms with van der Waals surface area (Å²) in [6.45, 7) is 5.37. The van der Waals surface area contributed by atoms with Crippen molar-refractivity contribution in [3.05, 3.63) is 89.0 Å². The van der Waals surface area contributed by atoms with E-state index in [1.807, 2.05) is 18.2 Å². The van der Waals surface area contributed by atoms with E-state index in [-0.39, 0.29) is 0 Å². The average molecular weight is 317 g/mol. The zero-order valence-electron chi connectivity index (χ0n) is 14.3. The average Bonchev–Trinajstić information content (AvgIpc) is 2.62. The number of rotatable bonds is 5. The third-order valence-corrected chi connectivity index (χ3v) is 4.21. The van der Waals surface area contributed by atoms with Gasteiger partial charge in [-0.2, -0.15) is 0 Å². The maximum atomic E-state index is 6.06. The van der Waals surface area contributed by atoms with Gasteiger partial charge in [0.15, 0.2) is 0 Å². The molecule has 0 spiro atoms. The third-order valence-electron chi connectivity index (χ3n) is 4.21. The van der Waals surface area contributed by atoms with E-state index in [1.165, 1.54) is 16.7 Å². The molecule has 0 atom stereocenters. The van der Waals surface area contributed by atoms with Gasteiger partial charge in [0, 0.05) is 6.54 Å². The molecule has 3 aromatic rings. The molecule has 0 aliphatic rings. The molecule has 24 heavy (non-hydrogen) atoms. The van der Waals surface area contributed by atoms with Gasteiger partial charge in [-0.3, -0.25) is 0 Å². The zero-order chi connectivity index (χ0) is 16.9. The van der Waals surface area contributed by atoms with Gasteiger partial charge in [-0.25, -0.2) is 0 Å². The van der Waals surface area contributed by atoms with Crippen LogP contribution in [0.1, 0.15) is 22.3 Å². The van der Waals surface area contributed by atoms with E-state index in [0.717, 1.165) is 22.4 Å². The second-order valence-corrected chi connectivity index (χ2v) is 6.11. The fraction of sp³-hybridized carbons (Fsp3) is 0.182. The van der Waals surface area contributed by atoms with Gasteiger partial charge in [-0.1, -0.05) is 54.6 Å². The van der Waals surface area contributed by atoms with Crippen LogP contribution in [-0.4, -0.2) is 0 Å². The highest BCUT2D eigenvalue weighted by Crippen LogP contribution is 2.30. The van der Waals surface area contributed by atoms with Crippen molar-refractivity contribution in [3.63, 3.8) is 0 Å². The fourth-order valence-corrected chi connectivity index (χ4v) is 2.91. The van der Waals surface area contributed by atoms with E-state index in [0.29, 0.717) is 13.2 Å². The van der Waals surface area contributed by atoms with Crippen LogP contribution in [0.15, 0.2) is 66.7 Å². The molecule has 0 heterocycles. The number of nitrogens with two attached hydrogens (primary N) is 1. The van der Waals surface area contributed by atoms with E-state index in [1.54, 1.807) is 0 Å². The number of ether oxygens (including phenoxy) is 1. The van der Waals surface area contributed by atoms with Gasteiger partial charge in [0.05, 0.1) is 0 Å². The Bertz CT molecular complexity index is 784. The summed E-state index contributed by atoms with van der Waals surface area (Å²) in [7, 11) is 0.